The van der Waals surface area contributed by atoms with Crippen molar-refractivity contribution in [2.75, 3.05) is 11.9 Å². The maximum Gasteiger partial charge on any atom is 0.251 e. The summed E-state index contributed by atoms with van der Waals surface area (Å²) >= 11 is 1.40. The molecule has 3 aromatic rings. The summed E-state index contributed by atoms with van der Waals surface area (Å²) in [5.74, 6) is 0.204. The monoisotopic (exact) mass is 423 g/mol. The van der Waals surface area contributed by atoms with Gasteiger partial charge in [0.25, 0.3) is 5.91 Å². The number of hydrogen-bond donors (Lipinski definition) is 2. The van der Waals surface area contributed by atoms with Gasteiger partial charge in [-0.25, -0.2) is 4.98 Å². The Kier molecular flexibility index (Phi) is 6.84. The Morgan fingerprint density at radius 2 is 1.87 bits per heavy atom. The lowest BCUT2D eigenvalue weighted by Crippen LogP contribution is -2.41. The van der Waals surface area contributed by atoms with Crippen molar-refractivity contribution in [3.8, 4) is 17.0 Å². The van der Waals surface area contributed by atoms with Gasteiger partial charge in [0.2, 0.25) is 5.91 Å². The fourth-order valence-electron chi connectivity index (χ4n) is 2.94. The third-order valence-electron chi connectivity index (χ3n) is 4.49. The zero-order valence-electron chi connectivity index (χ0n) is 17.5. The highest BCUT2D eigenvalue weighted by Crippen LogP contribution is 2.31. The maximum atomic E-state index is 12.5. The minimum absolute atomic E-state index is 0.285. The topological polar surface area (TPSA) is 80.3 Å². The van der Waals surface area contributed by atoms with Crippen LogP contribution in [0.25, 0.3) is 11.3 Å². The van der Waals surface area contributed by atoms with E-state index >= 15 is 0 Å². The Bertz CT molecular complexity index is 1040. The molecule has 0 aliphatic carbocycles. The minimum atomic E-state index is -0.698. The number of aryl methyl sites for hydroxylation is 2. The molecule has 6 nitrogen and oxygen atoms in total. The first kappa shape index (κ1) is 21.5. The van der Waals surface area contributed by atoms with E-state index in [2.05, 4.69) is 15.6 Å². The number of ether oxygens (including phenoxy) is 1. The number of nitrogens with one attached hydrogen (secondary N) is 2. The number of rotatable bonds is 7. The second-order valence-electron chi connectivity index (χ2n) is 6.94. The summed E-state index contributed by atoms with van der Waals surface area (Å²) in [5, 5.41) is 6.03. The lowest BCUT2D eigenvalue weighted by molar-refractivity contribution is -0.117. The van der Waals surface area contributed by atoms with Crippen molar-refractivity contribution in [2.24, 2.45) is 0 Å². The van der Waals surface area contributed by atoms with Gasteiger partial charge in [-0.05, 0) is 64.1 Å². The Morgan fingerprint density at radius 3 is 2.53 bits per heavy atom. The second kappa shape index (κ2) is 9.54. The predicted octanol–water partition coefficient (Wildman–Crippen LogP) is 4.58. The van der Waals surface area contributed by atoms with Crippen LogP contribution in [0.4, 0.5) is 5.13 Å². The number of thiazole rings is 1. The summed E-state index contributed by atoms with van der Waals surface area (Å²) in [4.78, 5) is 30.5. The van der Waals surface area contributed by atoms with E-state index in [9.17, 15) is 9.59 Å². The largest absolute Gasteiger partial charge is 0.494 e. The third kappa shape index (κ3) is 5.24. The van der Waals surface area contributed by atoms with Crippen LogP contribution in [-0.2, 0) is 4.79 Å². The molecule has 156 valence electrons. The molecule has 0 fully saturated rings. The average molecular weight is 424 g/mol. The predicted molar refractivity (Wildman–Crippen MR) is 120 cm³/mol. The molecule has 30 heavy (non-hydrogen) atoms. The molecular formula is C23H25N3O3S. The van der Waals surface area contributed by atoms with E-state index in [1.807, 2.05) is 57.2 Å². The molecule has 2 aromatic carbocycles. The maximum absolute atomic E-state index is 12.5. The van der Waals surface area contributed by atoms with Crippen LogP contribution in [0.5, 0.6) is 5.75 Å². The van der Waals surface area contributed by atoms with Crippen molar-refractivity contribution in [3.05, 3.63) is 64.5 Å². The molecule has 1 atom stereocenters. The molecule has 0 saturated carbocycles. The van der Waals surface area contributed by atoms with E-state index in [4.69, 9.17) is 4.74 Å². The Balaban J connectivity index is 1.65. The van der Waals surface area contributed by atoms with Gasteiger partial charge in [0, 0.05) is 16.0 Å². The number of carbonyl (C=O) groups is 2. The number of benzene rings is 2. The second-order valence-corrected chi connectivity index (χ2v) is 8.14. The van der Waals surface area contributed by atoms with Gasteiger partial charge in [-0.2, -0.15) is 0 Å². The lowest BCUT2D eigenvalue weighted by atomic mass is 10.1. The average Bonchev–Trinajstić information content (AvgIpc) is 3.08. The van der Waals surface area contributed by atoms with Crippen molar-refractivity contribution >= 4 is 28.3 Å². The third-order valence-corrected chi connectivity index (χ3v) is 5.37. The van der Waals surface area contributed by atoms with E-state index in [0.717, 1.165) is 27.4 Å². The highest BCUT2D eigenvalue weighted by Gasteiger charge is 2.19. The Morgan fingerprint density at radius 1 is 1.13 bits per heavy atom. The number of nitrogens with zero attached hydrogens (tertiary/aromatic N) is 1. The van der Waals surface area contributed by atoms with Gasteiger partial charge in [-0.1, -0.05) is 17.7 Å². The van der Waals surface area contributed by atoms with Crippen molar-refractivity contribution in [3.63, 3.8) is 0 Å². The van der Waals surface area contributed by atoms with Crippen molar-refractivity contribution in [1.29, 1.82) is 0 Å². The van der Waals surface area contributed by atoms with Crippen LogP contribution < -0.4 is 15.4 Å². The van der Waals surface area contributed by atoms with E-state index in [-0.39, 0.29) is 11.8 Å². The molecule has 0 spiro atoms. The van der Waals surface area contributed by atoms with Crippen LogP contribution in [0.1, 0.15) is 34.6 Å². The molecule has 1 aromatic heterocycles. The van der Waals surface area contributed by atoms with Crippen molar-refractivity contribution in [2.45, 2.75) is 33.7 Å². The molecule has 1 heterocycles. The first-order valence-electron chi connectivity index (χ1n) is 9.76. The molecule has 0 bridgehead atoms. The molecule has 0 unspecified atom stereocenters. The van der Waals surface area contributed by atoms with E-state index in [1.54, 1.807) is 19.1 Å². The number of carbonyl (C=O) groups excluding carboxylic acids is 2. The zero-order valence-corrected chi connectivity index (χ0v) is 18.3. The summed E-state index contributed by atoms with van der Waals surface area (Å²) in [6.07, 6.45) is 0. The van der Waals surface area contributed by atoms with Gasteiger partial charge >= 0.3 is 0 Å². The lowest BCUT2D eigenvalue weighted by Gasteiger charge is -2.13. The van der Waals surface area contributed by atoms with Gasteiger partial charge in [0.1, 0.15) is 11.8 Å². The van der Waals surface area contributed by atoms with E-state index in [1.165, 1.54) is 11.3 Å². The molecule has 3 rings (SSSR count). The number of aromatic nitrogens is 1. The quantitative estimate of drug-likeness (QED) is 0.583. The molecule has 0 aliphatic heterocycles. The summed E-state index contributed by atoms with van der Waals surface area (Å²) in [7, 11) is 0. The van der Waals surface area contributed by atoms with Gasteiger partial charge < -0.3 is 15.4 Å². The smallest absolute Gasteiger partial charge is 0.251 e. The molecule has 0 radical (unpaired) electrons. The Labute approximate surface area is 180 Å². The summed E-state index contributed by atoms with van der Waals surface area (Å²) in [6, 6.07) is 14.2. The number of anilines is 1. The SMILES string of the molecule is CCOc1ccc(-c2nc(NC(=O)[C@H](C)NC(=O)c3cccc(C)c3)sc2C)cc1. The van der Waals surface area contributed by atoms with Crippen LogP contribution >= 0.6 is 11.3 Å². The van der Waals surface area contributed by atoms with Crippen LogP contribution in [-0.4, -0.2) is 29.4 Å². The zero-order chi connectivity index (χ0) is 21.7. The summed E-state index contributed by atoms with van der Waals surface area (Å²) in [6.45, 7) is 8.08. The van der Waals surface area contributed by atoms with Gasteiger partial charge in [0.05, 0.1) is 12.3 Å². The van der Waals surface area contributed by atoms with Crippen molar-refractivity contribution < 1.29 is 14.3 Å². The van der Waals surface area contributed by atoms with Gasteiger partial charge in [-0.3, -0.25) is 9.59 Å². The molecule has 7 heteroatoms. The van der Waals surface area contributed by atoms with Crippen LogP contribution in [0.2, 0.25) is 0 Å². The van der Waals surface area contributed by atoms with Crippen molar-refractivity contribution in [1.82, 2.24) is 10.3 Å². The standard InChI is InChI=1S/C23H25N3O3S/c1-5-29-19-11-9-17(10-12-19)20-16(4)30-23(25-20)26-21(27)15(3)24-22(28)18-8-6-7-14(2)13-18/h6-13,15H,5H2,1-4H3,(H,24,28)(H,25,26,27)/t15-/m0/s1. The van der Waals surface area contributed by atoms with Gasteiger partial charge in [-0.15, -0.1) is 11.3 Å². The first-order chi connectivity index (χ1) is 14.4. The van der Waals surface area contributed by atoms with Crippen LogP contribution in [0.3, 0.4) is 0 Å². The number of hydrogen-bond acceptors (Lipinski definition) is 5. The minimum Gasteiger partial charge on any atom is -0.494 e. The highest BCUT2D eigenvalue weighted by atomic mass is 32.1. The Hall–Kier alpha value is -3.19. The summed E-state index contributed by atoms with van der Waals surface area (Å²) < 4.78 is 5.47. The molecule has 2 amide bonds. The first-order valence-corrected chi connectivity index (χ1v) is 10.6. The fourth-order valence-corrected chi connectivity index (χ4v) is 3.78. The van der Waals surface area contributed by atoms with E-state index < -0.39 is 6.04 Å². The molecule has 0 saturated heterocycles. The van der Waals surface area contributed by atoms with Crippen LogP contribution in [0, 0.1) is 13.8 Å². The van der Waals surface area contributed by atoms with Crippen LogP contribution in [0.15, 0.2) is 48.5 Å². The van der Waals surface area contributed by atoms with Gasteiger partial charge in [0.15, 0.2) is 5.13 Å². The number of amides is 2. The fraction of sp³-hybridized carbons (Fsp3) is 0.261. The molecule has 2 N–H and O–H groups in total. The normalized spacial score (nSPS) is 11.6. The van der Waals surface area contributed by atoms with E-state index in [0.29, 0.717) is 17.3 Å². The highest BCUT2D eigenvalue weighted by molar-refractivity contribution is 7.16. The molecular weight excluding hydrogens is 398 g/mol. The summed E-state index contributed by atoms with van der Waals surface area (Å²) in [5.41, 5.74) is 3.28. The molecule has 0 aliphatic rings.